The van der Waals surface area contributed by atoms with E-state index in [0.29, 0.717) is 6.42 Å². The monoisotopic (exact) mass is 781 g/mol. The fourth-order valence-corrected chi connectivity index (χ4v) is 6.10. The fourth-order valence-electron chi connectivity index (χ4n) is 6.10. The Labute approximate surface area is 344 Å². The van der Waals surface area contributed by atoms with E-state index in [4.69, 9.17) is 14.2 Å². The van der Waals surface area contributed by atoms with Crippen molar-refractivity contribution >= 4 is 17.9 Å². The molecule has 0 heterocycles. The van der Waals surface area contributed by atoms with Crippen LogP contribution in [0, 0.1) is 0 Å². The number of esters is 3. The normalized spacial score (nSPS) is 12.7. The van der Waals surface area contributed by atoms with Gasteiger partial charge in [0.15, 0.2) is 6.10 Å². The van der Waals surface area contributed by atoms with Crippen LogP contribution < -0.4 is 0 Å². The Kier molecular flexibility index (Phi) is 42.1. The van der Waals surface area contributed by atoms with Crippen LogP contribution in [0.4, 0.5) is 0 Å². The van der Waals surface area contributed by atoms with E-state index in [1.807, 2.05) is 6.08 Å². The van der Waals surface area contributed by atoms with Gasteiger partial charge in [0.25, 0.3) is 0 Å². The SMILES string of the molecule is CC/C=C\C/C=C\C/C=C\CCCCCCC(=O)OC(COC(=O)C/C=C\C/C=C\C/C=C\CC)COC(=O)CCCCCCCCCCCCCCCCC. The first-order chi connectivity index (χ1) is 27.5. The molecule has 0 saturated heterocycles. The lowest BCUT2D eigenvalue weighted by molar-refractivity contribution is -0.166. The molecule has 0 aromatic heterocycles. The maximum Gasteiger partial charge on any atom is 0.309 e. The van der Waals surface area contributed by atoms with Crippen LogP contribution in [-0.2, 0) is 28.6 Å². The Morgan fingerprint density at radius 2 is 0.768 bits per heavy atom. The molecule has 0 aromatic carbocycles. The van der Waals surface area contributed by atoms with Gasteiger partial charge in [0.2, 0.25) is 0 Å². The van der Waals surface area contributed by atoms with Gasteiger partial charge >= 0.3 is 17.9 Å². The number of hydrogen-bond acceptors (Lipinski definition) is 6. The molecule has 1 unspecified atom stereocenters. The highest BCUT2D eigenvalue weighted by molar-refractivity contribution is 5.72. The molecule has 0 rings (SSSR count). The second-order valence-corrected chi connectivity index (χ2v) is 14.9. The minimum absolute atomic E-state index is 0.110. The van der Waals surface area contributed by atoms with Gasteiger partial charge < -0.3 is 14.2 Å². The third kappa shape index (κ3) is 42.0. The third-order valence-electron chi connectivity index (χ3n) is 9.49. The summed E-state index contributed by atoms with van der Waals surface area (Å²) in [7, 11) is 0. The van der Waals surface area contributed by atoms with Gasteiger partial charge in [-0.3, -0.25) is 14.4 Å². The zero-order chi connectivity index (χ0) is 40.8. The van der Waals surface area contributed by atoms with Crippen molar-refractivity contribution in [1.82, 2.24) is 0 Å². The quantitative estimate of drug-likeness (QED) is 0.0267. The van der Waals surface area contributed by atoms with Gasteiger partial charge in [-0.1, -0.05) is 196 Å². The van der Waals surface area contributed by atoms with Crippen molar-refractivity contribution in [2.24, 2.45) is 0 Å². The molecule has 6 heteroatoms. The molecule has 0 saturated carbocycles. The van der Waals surface area contributed by atoms with Gasteiger partial charge in [-0.05, 0) is 64.2 Å². The lowest BCUT2D eigenvalue weighted by Gasteiger charge is -2.18. The summed E-state index contributed by atoms with van der Waals surface area (Å²) in [5.74, 6) is -1.07. The molecular formula is C50H84O6. The average Bonchev–Trinajstić information content (AvgIpc) is 3.19. The summed E-state index contributed by atoms with van der Waals surface area (Å²) in [6.45, 7) is 6.28. The lowest BCUT2D eigenvalue weighted by Crippen LogP contribution is -2.30. The summed E-state index contributed by atoms with van der Waals surface area (Å²) in [5, 5.41) is 0. The highest BCUT2D eigenvalue weighted by Crippen LogP contribution is 2.14. The molecule has 0 aliphatic carbocycles. The first-order valence-electron chi connectivity index (χ1n) is 22.9. The molecule has 0 aliphatic heterocycles. The number of unbranched alkanes of at least 4 members (excludes halogenated alkanes) is 18. The van der Waals surface area contributed by atoms with Crippen LogP contribution in [0.25, 0.3) is 0 Å². The summed E-state index contributed by atoms with van der Waals surface area (Å²) in [6.07, 6.45) is 54.9. The van der Waals surface area contributed by atoms with Crippen molar-refractivity contribution in [2.75, 3.05) is 13.2 Å². The third-order valence-corrected chi connectivity index (χ3v) is 9.49. The molecule has 0 fully saturated rings. The zero-order valence-electron chi connectivity index (χ0n) is 36.4. The predicted molar refractivity (Wildman–Crippen MR) is 238 cm³/mol. The second-order valence-electron chi connectivity index (χ2n) is 14.9. The van der Waals surface area contributed by atoms with Gasteiger partial charge in [0, 0.05) is 12.8 Å². The molecular weight excluding hydrogens is 697 g/mol. The van der Waals surface area contributed by atoms with Crippen LogP contribution in [0.1, 0.15) is 207 Å². The molecule has 0 amide bonds. The van der Waals surface area contributed by atoms with E-state index in [2.05, 4.69) is 81.5 Å². The largest absolute Gasteiger partial charge is 0.462 e. The molecule has 0 radical (unpaired) electrons. The second kappa shape index (κ2) is 44.6. The number of allylic oxidation sites excluding steroid dienone is 11. The van der Waals surface area contributed by atoms with Crippen molar-refractivity contribution in [3.63, 3.8) is 0 Å². The highest BCUT2D eigenvalue weighted by Gasteiger charge is 2.19. The minimum atomic E-state index is -0.818. The summed E-state index contributed by atoms with van der Waals surface area (Å²) in [5.41, 5.74) is 0. The number of hydrogen-bond donors (Lipinski definition) is 0. The molecule has 56 heavy (non-hydrogen) atoms. The van der Waals surface area contributed by atoms with Gasteiger partial charge in [0.05, 0.1) is 6.42 Å². The molecule has 0 bridgehead atoms. The number of carbonyl (C=O) groups excluding carboxylic acids is 3. The van der Waals surface area contributed by atoms with Crippen LogP contribution >= 0.6 is 0 Å². The van der Waals surface area contributed by atoms with E-state index in [0.717, 1.165) is 89.9 Å². The first-order valence-corrected chi connectivity index (χ1v) is 22.9. The summed E-state index contributed by atoms with van der Waals surface area (Å²) >= 11 is 0. The minimum Gasteiger partial charge on any atom is -0.462 e. The summed E-state index contributed by atoms with van der Waals surface area (Å²) in [6, 6.07) is 0. The van der Waals surface area contributed by atoms with E-state index < -0.39 is 12.1 Å². The van der Waals surface area contributed by atoms with Crippen LogP contribution in [0.15, 0.2) is 72.9 Å². The fraction of sp³-hybridized carbons (Fsp3) is 0.700. The van der Waals surface area contributed by atoms with E-state index >= 15 is 0 Å². The van der Waals surface area contributed by atoms with Gasteiger partial charge in [-0.15, -0.1) is 0 Å². The molecule has 0 aliphatic rings. The van der Waals surface area contributed by atoms with Crippen molar-refractivity contribution in [2.45, 2.75) is 213 Å². The van der Waals surface area contributed by atoms with Crippen molar-refractivity contribution in [3.05, 3.63) is 72.9 Å². The molecule has 0 aromatic rings. The Morgan fingerprint density at radius 1 is 0.393 bits per heavy atom. The van der Waals surface area contributed by atoms with E-state index in [-0.39, 0.29) is 38.0 Å². The van der Waals surface area contributed by atoms with Crippen LogP contribution in [0.2, 0.25) is 0 Å². The van der Waals surface area contributed by atoms with Crippen LogP contribution in [0.3, 0.4) is 0 Å². The van der Waals surface area contributed by atoms with Crippen molar-refractivity contribution < 1.29 is 28.6 Å². The van der Waals surface area contributed by atoms with Gasteiger partial charge in [-0.2, -0.15) is 0 Å². The Bertz CT molecular complexity index is 1080. The number of rotatable bonds is 40. The summed E-state index contributed by atoms with van der Waals surface area (Å²) in [4.78, 5) is 37.6. The lowest BCUT2D eigenvalue weighted by atomic mass is 10.0. The molecule has 320 valence electrons. The molecule has 0 spiro atoms. The van der Waals surface area contributed by atoms with E-state index in [9.17, 15) is 14.4 Å². The van der Waals surface area contributed by atoms with E-state index in [1.54, 1.807) is 6.08 Å². The van der Waals surface area contributed by atoms with Gasteiger partial charge in [0.1, 0.15) is 13.2 Å². The van der Waals surface area contributed by atoms with Crippen LogP contribution in [0.5, 0.6) is 0 Å². The maximum absolute atomic E-state index is 12.7. The summed E-state index contributed by atoms with van der Waals surface area (Å²) < 4.78 is 16.6. The Hall–Kier alpha value is -3.15. The topological polar surface area (TPSA) is 78.9 Å². The molecule has 0 N–H and O–H groups in total. The zero-order valence-corrected chi connectivity index (χ0v) is 36.4. The molecule has 1 atom stereocenters. The van der Waals surface area contributed by atoms with E-state index in [1.165, 1.54) is 77.0 Å². The molecule has 6 nitrogen and oxygen atoms in total. The van der Waals surface area contributed by atoms with Crippen LogP contribution in [-0.4, -0.2) is 37.2 Å². The smallest absolute Gasteiger partial charge is 0.309 e. The number of ether oxygens (including phenoxy) is 3. The predicted octanol–water partition coefficient (Wildman–Crippen LogP) is 14.7. The Morgan fingerprint density at radius 3 is 1.25 bits per heavy atom. The average molecular weight is 781 g/mol. The first kappa shape index (κ1) is 52.9. The Balaban J connectivity index is 4.44. The van der Waals surface area contributed by atoms with Crippen molar-refractivity contribution in [1.29, 1.82) is 0 Å². The highest BCUT2D eigenvalue weighted by atomic mass is 16.6. The standard InChI is InChI=1S/C50H84O6/c1-4-7-10-13-16-19-21-23-25-27-28-31-34-37-40-43-49(52)55-46-47(45-54-48(51)42-39-36-33-30-18-15-12-9-6-3)56-50(53)44-41-38-35-32-29-26-24-22-20-17-14-11-8-5-2/h8-9,11-12,17-18,20,24,26,30,36,39,47H,4-7,10,13-16,19,21-23,25,27-29,31-35,37-38,40-46H2,1-3H3/b11-8-,12-9-,20-17-,26-24-,30-18-,39-36-. The van der Waals surface area contributed by atoms with Gasteiger partial charge in [-0.25, -0.2) is 0 Å². The van der Waals surface area contributed by atoms with Crippen molar-refractivity contribution in [3.8, 4) is 0 Å². The maximum atomic E-state index is 12.7. The number of carbonyl (C=O) groups is 3.